The van der Waals surface area contributed by atoms with E-state index in [1.54, 1.807) is 33.6 Å². The number of rotatable bonds is 3. The molecule has 5 aromatic rings. The summed E-state index contributed by atoms with van der Waals surface area (Å²) in [6.45, 7) is 0.402. The van der Waals surface area contributed by atoms with Crippen LogP contribution in [0.5, 0.6) is 0 Å². The van der Waals surface area contributed by atoms with Gasteiger partial charge in [0.15, 0.2) is 0 Å². The number of fused-ring (bicyclic) bond motifs is 2. The van der Waals surface area contributed by atoms with Crippen LogP contribution < -0.4 is 5.56 Å². The van der Waals surface area contributed by atoms with E-state index in [9.17, 15) is 4.79 Å². The summed E-state index contributed by atoms with van der Waals surface area (Å²) in [4.78, 5) is 13.0. The number of nitrogens with zero attached hydrogens (tertiary/aromatic N) is 4. The smallest absolute Gasteiger partial charge is 0.276 e. The van der Waals surface area contributed by atoms with Gasteiger partial charge in [0.25, 0.3) is 5.56 Å². The number of hydrogen-bond donors (Lipinski definition) is 0. The minimum atomic E-state index is -0.117. The topological polar surface area (TPSA) is 63.1 Å². The van der Waals surface area contributed by atoms with Crippen LogP contribution in [0.1, 0.15) is 11.1 Å². The first-order chi connectivity index (χ1) is 14.2. The van der Waals surface area contributed by atoms with Gasteiger partial charge in [-0.2, -0.15) is 10.4 Å². The van der Waals surface area contributed by atoms with Crippen LogP contribution in [0.25, 0.3) is 27.5 Å². The summed E-state index contributed by atoms with van der Waals surface area (Å²) in [6.07, 6.45) is 3.52. The molecular formula is C24H16N4O. The van der Waals surface area contributed by atoms with Gasteiger partial charge >= 0.3 is 0 Å². The summed E-state index contributed by atoms with van der Waals surface area (Å²) < 4.78 is 3.27. The van der Waals surface area contributed by atoms with Gasteiger partial charge in [0.2, 0.25) is 0 Å². The van der Waals surface area contributed by atoms with Gasteiger partial charge in [-0.1, -0.05) is 54.6 Å². The van der Waals surface area contributed by atoms with Crippen molar-refractivity contribution in [2.75, 3.05) is 0 Å². The van der Waals surface area contributed by atoms with Gasteiger partial charge in [0.1, 0.15) is 5.52 Å². The van der Waals surface area contributed by atoms with Crippen molar-refractivity contribution in [3.8, 4) is 17.3 Å². The molecule has 0 aliphatic rings. The monoisotopic (exact) mass is 376 g/mol. The minimum absolute atomic E-state index is 0.117. The van der Waals surface area contributed by atoms with Crippen molar-refractivity contribution in [1.82, 2.24) is 14.2 Å². The lowest BCUT2D eigenvalue weighted by molar-refractivity contribution is 0.743. The second-order valence-electron chi connectivity index (χ2n) is 6.93. The Morgan fingerprint density at radius 1 is 0.931 bits per heavy atom. The molecule has 5 heteroatoms. The molecule has 2 aromatic heterocycles. The first-order valence-corrected chi connectivity index (χ1v) is 9.29. The van der Waals surface area contributed by atoms with Crippen LogP contribution in [0.3, 0.4) is 0 Å². The summed E-state index contributed by atoms with van der Waals surface area (Å²) in [5, 5.41) is 15.9. The maximum absolute atomic E-state index is 13.0. The molecule has 0 amide bonds. The Balaban J connectivity index is 1.60. The first-order valence-electron chi connectivity index (χ1n) is 9.29. The molecule has 0 atom stereocenters. The molecule has 2 heterocycles. The highest BCUT2D eigenvalue weighted by Crippen LogP contribution is 2.27. The third kappa shape index (κ3) is 2.97. The Bertz CT molecular complexity index is 1460. The molecule has 0 N–H and O–H groups in total. The van der Waals surface area contributed by atoms with E-state index in [1.165, 1.54) is 0 Å². The van der Waals surface area contributed by atoms with E-state index in [0.29, 0.717) is 17.6 Å². The SMILES string of the molecule is N#Cc1cccc(Cn2ccn3nc(-c4cccc5ccccc45)cc3c2=O)c1. The van der Waals surface area contributed by atoms with Crippen molar-refractivity contribution in [2.45, 2.75) is 6.54 Å². The third-order valence-corrected chi connectivity index (χ3v) is 5.08. The Labute approximate surface area is 166 Å². The van der Waals surface area contributed by atoms with Crippen LogP contribution in [0.4, 0.5) is 0 Å². The van der Waals surface area contributed by atoms with Crippen LogP contribution in [0, 0.1) is 11.3 Å². The molecule has 0 radical (unpaired) electrons. The van der Waals surface area contributed by atoms with E-state index < -0.39 is 0 Å². The van der Waals surface area contributed by atoms with Crippen LogP contribution in [-0.4, -0.2) is 14.2 Å². The fourth-order valence-corrected chi connectivity index (χ4v) is 3.67. The minimum Gasteiger partial charge on any atom is -0.308 e. The van der Waals surface area contributed by atoms with Crippen molar-refractivity contribution in [1.29, 1.82) is 5.26 Å². The maximum Gasteiger partial charge on any atom is 0.276 e. The van der Waals surface area contributed by atoms with E-state index in [4.69, 9.17) is 5.26 Å². The molecule has 0 aliphatic carbocycles. The molecule has 0 aliphatic heterocycles. The molecule has 5 nitrogen and oxygen atoms in total. The molecule has 0 fully saturated rings. The van der Waals surface area contributed by atoms with Gasteiger partial charge in [-0.25, -0.2) is 4.52 Å². The second kappa shape index (κ2) is 6.77. The third-order valence-electron chi connectivity index (χ3n) is 5.08. The predicted octanol–water partition coefficient (Wildman–Crippen LogP) is 4.24. The van der Waals surface area contributed by atoms with Crippen LogP contribution in [-0.2, 0) is 6.54 Å². The number of aromatic nitrogens is 3. The van der Waals surface area contributed by atoms with Crippen molar-refractivity contribution >= 4 is 16.3 Å². The zero-order chi connectivity index (χ0) is 19.8. The first kappa shape index (κ1) is 17.0. The summed E-state index contributed by atoms with van der Waals surface area (Å²) >= 11 is 0. The molecule has 138 valence electrons. The fraction of sp³-hybridized carbons (Fsp3) is 0.0417. The number of nitriles is 1. The van der Waals surface area contributed by atoms with E-state index in [2.05, 4.69) is 29.4 Å². The molecule has 5 rings (SSSR count). The second-order valence-corrected chi connectivity index (χ2v) is 6.93. The molecule has 0 saturated carbocycles. The van der Waals surface area contributed by atoms with Gasteiger partial charge in [0, 0.05) is 18.0 Å². The Kier molecular flexibility index (Phi) is 3.96. The highest BCUT2D eigenvalue weighted by atomic mass is 16.1. The Morgan fingerprint density at radius 2 is 1.76 bits per heavy atom. The highest BCUT2D eigenvalue weighted by molar-refractivity contribution is 5.96. The van der Waals surface area contributed by atoms with Crippen LogP contribution in [0.2, 0.25) is 0 Å². The average molecular weight is 376 g/mol. The molecule has 0 bridgehead atoms. The fourth-order valence-electron chi connectivity index (χ4n) is 3.67. The van der Waals surface area contributed by atoms with Crippen LogP contribution in [0.15, 0.2) is 90.0 Å². The normalized spacial score (nSPS) is 11.0. The maximum atomic E-state index is 13.0. The quantitative estimate of drug-likeness (QED) is 0.473. The van der Waals surface area contributed by atoms with E-state index in [1.807, 2.05) is 42.5 Å². The van der Waals surface area contributed by atoms with Crippen molar-refractivity contribution in [2.24, 2.45) is 0 Å². The van der Waals surface area contributed by atoms with Gasteiger partial charge in [-0.3, -0.25) is 4.79 Å². The van der Waals surface area contributed by atoms with E-state index in [-0.39, 0.29) is 5.56 Å². The summed E-state index contributed by atoms with van der Waals surface area (Å²) in [5.74, 6) is 0. The van der Waals surface area contributed by atoms with Gasteiger partial charge in [-0.15, -0.1) is 0 Å². The highest BCUT2D eigenvalue weighted by Gasteiger charge is 2.11. The van der Waals surface area contributed by atoms with Crippen LogP contribution >= 0.6 is 0 Å². The average Bonchev–Trinajstić information content (AvgIpc) is 3.20. The van der Waals surface area contributed by atoms with Gasteiger partial charge in [-0.05, 0) is 34.5 Å². The van der Waals surface area contributed by atoms with E-state index >= 15 is 0 Å². The van der Waals surface area contributed by atoms with Crippen molar-refractivity contribution < 1.29 is 0 Å². The lowest BCUT2D eigenvalue weighted by Gasteiger charge is -2.06. The standard InChI is InChI=1S/C24H16N4O/c25-15-17-5-3-6-18(13-17)16-27-11-12-28-23(24(27)29)14-22(26-28)21-10-4-8-19-7-1-2-9-20(19)21/h1-14H,16H2. The van der Waals surface area contributed by atoms with Gasteiger partial charge in [0.05, 0.1) is 23.9 Å². The molecule has 0 spiro atoms. The lowest BCUT2D eigenvalue weighted by atomic mass is 10.0. The Morgan fingerprint density at radius 3 is 2.66 bits per heavy atom. The van der Waals surface area contributed by atoms with Gasteiger partial charge < -0.3 is 4.57 Å². The summed E-state index contributed by atoms with van der Waals surface area (Å²) in [6, 6.07) is 25.5. The zero-order valence-corrected chi connectivity index (χ0v) is 15.5. The molecular weight excluding hydrogens is 360 g/mol. The van der Waals surface area contributed by atoms with E-state index in [0.717, 1.165) is 27.6 Å². The molecule has 0 unspecified atom stereocenters. The number of hydrogen-bond acceptors (Lipinski definition) is 3. The van der Waals surface area contributed by atoms with Crippen molar-refractivity contribution in [3.05, 3.63) is 107 Å². The number of benzene rings is 3. The molecule has 29 heavy (non-hydrogen) atoms. The lowest BCUT2D eigenvalue weighted by Crippen LogP contribution is -2.21. The van der Waals surface area contributed by atoms with Crippen molar-refractivity contribution in [3.63, 3.8) is 0 Å². The Hall–Kier alpha value is -4.17. The molecule has 0 saturated heterocycles. The molecule has 3 aromatic carbocycles. The predicted molar refractivity (Wildman–Crippen MR) is 113 cm³/mol. The summed E-state index contributed by atoms with van der Waals surface area (Å²) in [5.41, 5.74) is 3.66. The largest absolute Gasteiger partial charge is 0.308 e. The summed E-state index contributed by atoms with van der Waals surface area (Å²) in [7, 11) is 0. The zero-order valence-electron chi connectivity index (χ0n) is 15.5.